The number of aliphatic hydroxyl groups is 16. The maximum atomic E-state index is 13.3. The number of rotatable bonds is 16. The van der Waals surface area contributed by atoms with E-state index < -0.39 is 221 Å². The minimum absolute atomic E-state index is 0.00249. The number of carboxylic acids is 1. The number of aliphatic carboxylic acids is 1. The Bertz CT molecular complexity index is 2640. The van der Waals surface area contributed by atoms with Gasteiger partial charge in [0.15, 0.2) is 37.7 Å². The molecule has 6 heterocycles. The van der Waals surface area contributed by atoms with E-state index in [1.54, 1.807) is 0 Å². The molecule has 0 bridgehead atoms. The van der Waals surface area contributed by atoms with Crippen molar-refractivity contribution >= 4 is 5.97 Å². The van der Waals surface area contributed by atoms with Crippen LogP contribution in [0.15, 0.2) is 11.6 Å². The molecule has 11 aliphatic rings. The number of allylic oxidation sites excluding steroid dienone is 2. The fourth-order valence-electron chi connectivity index (χ4n) is 18.9. The third-order valence-electron chi connectivity index (χ3n) is 25.0. The zero-order valence-corrected chi connectivity index (χ0v) is 54.6. The Labute approximate surface area is 545 Å². The summed E-state index contributed by atoms with van der Waals surface area (Å²) < 4.78 is 72.4. The zero-order chi connectivity index (χ0) is 68.4. The number of carbonyl (C=O) groups is 1. The van der Waals surface area contributed by atoms with Crippen LogP contribution in [0.3, 0.4) is 0 Å². The molecule has 10 fully saturated rings. The van der Waals surface area contributed by atoms with Gasteiger partial charge in [-0.15, -0.1) is 0 Å². The maximum absolute atomic E-state index is 13.3. The molecule has 0 aromatic heterocycles. The van der Waals surface area contributed by atoms with E-state index in [1.165, 1.54) is 19.4 Å². The van der Waals surface area contributed by atoms with E-state index in [9.17, 15) is 91.6 Å². The SMILES string of the molecule is C[C@@H]1O[C@@H](O[C@@H]2[C@@H](O)[C@H](O[C@@H]3[C@@H](O)[C@H](C)O[C@@H](O[C@H]4[C@H](O[C@@H]5CC[C@]6(C)[C@H](CC[C@]7(C)[C@@H]6CC=C6[C@H]8CC(C)(C)CC[C@]8(C(=O)O)CC[C@]67C)[C@]5(C)CO)OC[C@H](O)[C@@H]4O)[C@@H]3O)O[C@H](CO)[C@@H]2O[C@@H]2O[C@H](CO)[C@@H](O[C@@H]3OC[C@@H](O)[C@H](O)[C@H]3O)[C@H](O)[C@H]2O)[C@H](O)[C@H](O)[C@H]1O. The van der Waals surface area contributed by atoms with Crippen molar-refractivity contribution in [2.24, 2.45) is 50.2 Å². The van der Waals surface area contributed by atoms with Crippen molar-refractivity contribution in [3.05, 3.63) is 11.6 Å². The monoisotopic (exact) mass is 1350 g/mol. The largest absolute Gasteiger partial charge is 0.481 e. The van der Waals surface area contributed by atoms with Crippen LogP contribution in [0.5, 0.6) is 0 Å². The minimum atomic E-state index is -2.20. The molecule has 6 aliphatic heterocycles. The van der Waals surface area contributed by atoms with Gasteiger partial charge in [0, 0.05) is 5.41 Å². The van der Waals surface area contributed by atoms with Crippen LogP contribution < -0.4 is 0 Å². The summed E-state index contributed by atoms with van der Waals surface area (Å²) in [5, 5.41) is 189. The molecular formula is C64H104O30. The summed E-state index contributed by atoms with van der Waals surface area (Å²) in [6.07, 6.45) is -41.2. The van der Waals surface area contributed by atoms with Crippen molar-refractivity contribution < 1.29 is 148 Å². The Kier molecular flexibility index (Phi) is 21.4. The van der Waals surface area contributed by atoms with Crippen LogP contribution in [-0.2, 0) is 61.6 Å². The molecule has 0 radical (unpaired) electrons. The molecule has 11 rings (SSSR count). The Morgan fingerprint density at radius 3 is 1.66 bits per heavy atom. The number of carboxylic acid groups (broad SMARTS) is 1. The van der Waals surface area contributed by atoms with E-state index in [0.717, 1.165) is 38.5 Å². The fourth-order valence-corrected chi connectivity index (χ4v) is 18.9. The van der Waals surface area contributed by atoms with Crippen molar-refractivity contribution in [3.63, 3.8) is 0 Å². The van der Waals surface area contributed by atoms with Crippen LogP contribution >= 0.6 is 0 Å². The number of hydrogen-bond acceptors (Lipinski definition) is 29. The highest BCUT2D eigenvalue weighted by atomic mass is 16.8. The van der Waals surface area contributed by atoms with E-state index >= 15 is 0 Å². The predicted molar refractivity (Wildman–Crippen MR) is 315 cm³/mol. The smallest absolute Gasteiger partial charge is 0.310 e. The van der Waals surface area contributed by atoms with Gasteiger partial charge in [-0.05, 0) is 117 Å². The average Bonchev–Trinajstić information content (AvgIpc) is 0.676. The summed E-state index contributed by atoms with van der Waals surface area (Å²) in [7, 11) is 0. The Morgan fingerprint density at radius 1 is 0.489 bits per heavy atom. The van der Waals surface area contributed by atoms with Gasteiger partial charge < -0.3 is 144 Å². The molecule has 0 spiro atoms. The molecule has 37 atom stereocenters. The van der Waals surface area contributed by atoms with Crippen LogP contribution in [0.25, 0.3) is 0 Å². The second kappa shape index (κ2) is 27.5. The number of ether oxygens (including phenoxy) is 12. The van der Waals surface area contributed by atoms with Crippen LogP contribution in [0.2, 0.25) is 0 Å². The lowest BCUT2D eigenvalue weighted by Gasteiger charge is -2.71. The summed E-state index contributed by atoms with van der Waals surface area (Å²) in [5.74, 6) is -0.680. The second-order valence-corrected chi connectivity index (χ2v) is 30.8. The van der Waals surface area contributed by atoms with Gasteiger partial charge in [0.1, 0.15) is 122 Å². The molecule has 0 amide bonds. The average molecular weight is 1350 g/mol. The highest BCUT2D eigenvalue weighted by Gasteiger charge is 2.71. The van der Waals surface area contributed by atoms with E-state index in [2.05, 4.69) is 40.7 Å². The first-order valence-electron chi connectivity index (χ1n) is 33.5. The molecular weight excluding hydrogens is 1250 g/mol. The van der Waals surface area contributed by atoms with Crippen molar-refractivity contribution in [3.8, 4) is 0 Å². The summed E-state index contributed by atoms with van der Waals surface area (Å²) >= 11 is 0. The first kappa shape index (κ1) is 73.3. The van der Waals surface area contributed by atoms with Crippen LogP contribution in [0, 0.1) is 50.2 Å². The lowest BCUT2D eigenvalue weighted by Crippen LogP contribution is -2.69. The third kappa shape index (κ3) is 12.4. The number of fused-ring (bicyclic) bond motifs is 7. The fraction of sp³-hybridized carbons (Fsp3) is 0.953. The van der Waals surface area contributed by atoms with E-state index in [-0.39, 0.29) is 46.0 Å². The molecule has 0 aromatic rings. The van der Waals surface area contributed by atoms with Gasteiger partial charge in [-0.3, -0.25) is 4.79 Å². The van der Waals surface area contributed by atoms with Gasteiger partial charge in [-0.2, -0.15) is 0 Å². The summed E-state index contributed by atoms with van der Waals surface area (Å²) in [6.45, 7) is 13.1. The van der Waals surface area contributed by atoms with Gasteiger partial charge in [0.25, 0.3) is 0 Å². The Balaban J connectivity index is 0.805. The second-order valence-electron chi connectivity index (χ2n) is 30.8. The normalized spacial score (nSPS) is 55.3. The van der Waals surface area contributed by atoms with Gasteiger partial charge in [-0.25, -0.2) is 0 Å². The highest BCUT2D eigenvalue weighted by Crippen LogP contribution is 2.76. The van der Waals surface area contributed by atoms with Gasteiger partial charge in [0.2, 0.25) is 0 Å². The van der Waals surface area contributed by atoms with Crippen LogP contribution in [-0.4, -0.2) is 304 Å². The van der Waals surface area contributed by atoms with Gasteiger partial charge >= 0.3 is 5.97 Å². The Hall–Kier alpha value is -1.91. The van der Waals surface area contributed by atoms with Crippen molar-refractivity contribution in [1.29, 1.82) is 0 Å². The van der Waals surface area contributed by atoms with Crippen molar-refractivity contribution in [2.45, 2.75) is 298 Å². The lowest BCUT2D eigenvalue weighted by molar-refractivity contribution is -0.406. The molecule has 30 nitrogen and oxygen atoms in total. The molecule has 6 saturated heterocycles. The van der Waals surface area contributed by atoms with Crippen molar-refractivity contribution in [1.82, 2.24) is 0 Å². The summed E-state index contributed by atoms with van der Waals surface area (Å²) in [5.41, 5.74) is -1.15. The lowest BCUT2D eigenvalue weighted by atomic mass is 9.33. The first-order chi connectivity index (χ1) is 44.1. The molecule has 30 heteroatoms. The Morgan fingerprint density at radius 2 is 1.01 bits per heavy atom. The highest BCUT2D eigenvalue weighted by molar-refractivity contribution is 5.76. The molecule has 540 valence electrons. The van der Waals surface area contributed by atoms with Crippen LogP contribution in [0.1, 0.15) is 120 Å². The third-order valence-corrected chi connectivity index (χ3v) is 25.0. The van der Waals surface area contributed by atoms with Crippen LogP contribution in [0.4, 0.5) is 0 Å². The summed E-state index contributed by atoms with van der Waals surface area (Å²) in [4.78, 5) is 13.3. The van der Waals surface area contributed by atoms with Crippen molar-refractivity contribution in [2.75, 3.05) is 33.0 Å². The molecule has 0 aromatic carbocycles. The zero-order valence-electron chi connectivity index (χ0n) is 54.6. The quantitative estimate of drug-likeness (QED) is 0.0526. The van der Waals surface area contributed by atoms with Gasteiger partial charge in [0.05, 0.1) is 56.8 Å². The van der Waals surface area contributed by atoms with E-state index in [4.69, 9.17) is 56.8 Å². The molecule has 5 aliphatic carbocycles. The van der Waals surface area contributed by atoms with E-state index in [1.807, 2.05) is 6.92 Å². The minimum Gasteiger partial charge on any atom is -0.481 e. The number of hydrogen-bond donors (Lipinski definition) is 17. The standard InChI is InChI=1S/C64H104O30/c1-25-36(70)40(74)43(77)53(85-25)93-50-46(80)56(88-32(21-66)48(50)91-54-44(78)41(75)47(31(20-65)87-54)90-52-42(76)38(72)29(68)22-83-52)92-49-37(71)26(2)86-55(45(49)79)94-51-39(73)30(69)23-84-57(51)89-35-12-13-60(5)33(61(35,6)24-67)11-14-63(8)34(60)10-9-27-28-19-59(3,4)15-17-64(28,58(81)82)18-16-62(27,63)7/h9,25-26,28-57,65-80H,10-24H2,1-8H3,(H,81,82)/t25-,26-,28+,29+,30-,31+,32+,33-,34+,35+,36-,37-,38-,39-,40+,41+,42+,43+,44+,45+,46+,47+,48-,49+,50+,51+,52-,53-,54-,55-,56-,57-,60+,61-,62+,63+,64-/m0/s1. The number of aliphatic hydroxyl groups excluding tert-OH is 16. The topological polar surface area (TPSA) is 472 Å². The molecule has 17 N–H and O–H groups in total. The molecule has 4 saturated carbocycles. The van der Waals surface area contributed by atoms with E-state index in [0.29, 0.717) is 25.7 Å². The molecule has 94 heavy (non-hydrogen) atoms. The van der Waals surface area contributed by atoms with Gasteiger partial charge in [-0.1, -0.05) is 53.2 Å². The summed E-state index contributed by atoms with van der Waals surface area (Å²) in [6, 6.07) is 0. The molecule has 0 unspecified atom stereocenters. The first-order valence-corrected chi connectivity index (χ1v) is 33.5. The maximum Gasteiger partial charge on any atom is 0.310 e. The predicted octanol–water partition coefficient (Wildman–Crippen LogP) is -3.52.